The zero-order valence-corrected chi connectivity index (χ0v) is 9.67. The summed E-state index contributed by atoms with van der Waals surface area (Å²) in [5, 5.41) is 0.687. The van der Waals surface area contributed by atoms with Crippen LogP contribution >= 0.6 is 11.6 Å². The molecule has 0 unspecified atom stereocenters. The van der Waals surface area contributed by atoms with Gasteiger partial charge in [-0.3, -0.25) is 10.2 Å². The Morgan fingerprint density at radius 2 is 2.00 bits per heavy atom. The molecule has 0 aliphatic carbocycles. The number of rotatable bonds is 6. The van der Waals surface area contributed by atoms with Crippen LogP contribution < -0.4 is 16.0 Å². The first-order valence-electron chi connectivity index (χ1n) is 5.10. The van der Waals surface area contributed by atoms with E-state index in [1.54, 1.807) is 12.1 Å². The first kappa shape index (κ1) is 12.8. The second kappa shape index (κ2) is 7.09. The highest BCUT2D eigenvalue weighted by Crippen LogP contribution is 2.15. The minimum absolute atomic E-state index is 0.147. The van der Waals surface area contributed by atoms with Crippen molar-refractivity contribution in [3.8, 4) is 5.75 Å². The second-order valence-electron chi connectivity index (χ2n) is 3.33. The lowest BCUT2D eigenvalue weighted by molar-refractivity contribution is -0.121. The number of carbonyl (C=O) groups is 1. The number of halogens is 1. The van der Waals surface area contributed by atoms with Crippen molar-refractivity contribution in [1.29, 1.82) is 0 Å². The van der Waals surface area contributed by atoms with Gasteiger partial charge in [0.05, 0.1) is 6.61 Å². The molecule has 4 nitrogen and oxygen atoms in total. The third-order valence-corrected chi connectivity index (χ3v) is 2.29. The van der Waals surface area contributed by atoms with Crippen molar-refractivity contribution in [3.63, 3.8) is 0 Å². The summed E-state index contributed by atoms with van der Waals surface area (Å²) in [7, 11) is 0. The van der Waals surface area contributed by atoms with E-state index in [1.807, 2.05) is 12.1 Å². The van der Waals surface area contributed by atoms with Gasteiger partial charge >= 0.3 is 0 Å². The van der Waals surface area contributed by atoms with E-state index in [2.05, 4.69) is 5.43 Å². The summed E-state index contributed by atoms with van der Waals surface area (Å²) in [6, 6.07) is 7.18. The molecule has 1 rings (SSSR count). The van der Waals surface area contributed by atoms with E-state index in [4.69, 9.17) is 22.2 Å². The van der Waals surface area contributed by atoms with Crippen LogP contribution in [-0.2, 0) is 4.79 Å². The van der Waals surface area contributed by atoms with Crippen LogP contribution in [0.1, 0.15) is 19.3 Å². The standard InChI is InChI=1S/C11H15ClN2O2/c12-9-4-6-10(7-5-9)16-8-2-1-3-11(15)14-13/h4-7H,1-3,8,13H2,(H,14,15). The Hall–Kier alpha value is -1.26. The fourth-order valence-corrected chi connectivity index (χ4v) is 1.31. The van der Waals surface area contributed by atoms with Gasteiger partial charge in [-0.05, 0) is 37.1 Å². The molecule has 88 valence electrons. The van der Waals surface area contributed by atoms with Crippen molar-refractivity contribution in [1.82, 2.24) is 5.43 Å². The average molecular weight is 243 g/mol. The monoisotopic (exact) mass is 242 g/mol. The van der Waals surface area contributed by atoms with Crippen LogP contribution in [0.5, 0.6) is 5.75 Å². The van der Waals surface area contributed by atoms with E-state index in [9.17, 15) is 4.79 Å². The Labute approximate surface area is 99.7 Å². The van der Waals surface area contributed by atoms with Crippen LogP contribution in [0.15, 0.2) is 24.3 Å². The third-order valence-electron chi connectivity index (χ3n) is 2.04. The molecule has 16 heavy (non-hydrogen) atoms. The van der Waals surface area contributed by atoms with Gasteiger partial charge in [0.2, 0.25) is 5.91 Å². The summed E-state index contributed by atoms with van der Waals surface area (Å²) in [5.74, 6) is 5.59. The van der Waals surface area contributed by atoms with E-state index < -0.39 is 0 Å². The molecule has 3 N–H and O–H groups in total. The summed E-state index contributed by atoms with van der Waals surface area (Å²) < 4.78 is 5.45. The lowest BCUT2D eigenvalue weighted by atomic mass is 10.2. The molecule has 0 radical (unpaired) electrons. The Balaban J connectivity index is 2.11. The zero-order valence-electron chi connectivity index (χ0n) is 8.91. The minimum atomic E-state index is -0.147. The van der Waals surface area contributed by atoms with Crippen LogP contribution in [0.2, 0.25) is 5.02 Å². The van der Waals surface area contributed by atoms with Crippen molar-refractivity contribution < 1.29 is 9.53 Å². The molecule has 5 heteroatoms. The molecule has 0 spiro atoms. The Morgan fingerprint density at radius 1 is 1.31 bits per heavy atom. The Morgan fingerprint density at radius 3 is 2.62 bits per heavy atom. The van der Waals surface area contributed by atoms with Gasteiger partial charge in [-0.25, -0.2) is 5.84 Å². The highest BCUT2D eigenvalue weighted by molar-refractivity contribution is 6.30. The largest absolute Gasteiger partial charge is 0.494 e. The number of nitrogens with two attached hydrogens (primary N) is 1. The predicted molar refractivity (Wildman–Crippen MR) is 63.1 cm³/mol. The highest BCUT2D eigenvalue weighted by Gasteiger charge is 1.98. The molecule has 1 aromatic carbocycles. The van der Waals surface area contributed by atoms with Crippen LogP contribution in [0.3, 0.4) is 0 Å². The van der Waals surface area contributed by atoms with Gasteiger partial charge in [0, 0.05) is 11.4 Å². The molecule has 0 saturated carbocycles. The summed E-state index contributed by atoms with van der Waals surface area (Å²) in [4.78, 5) is 10.8. The van der Waals surface area contributed by atoms with Gasteiger partial charge in [0.25, 0.3) is 0 Å². The number of benzene rings is 1. The number of unbranched alkanes of at least 4 members (excludes halogenated alkanes) is 1. The molecule has 1 amide bonds. The average Bonchev–Trinajstić information content (AvgIpc) is 2.31. The zero-order chi connectivity index (χ0) is 11.8. The lowest BCUT2D eigenvalue weighted by Gasteiger charge is -2.05. The van der Waals surface area contributed by atoms with Crippen molar-refractivity contribution in [2.24, 2.45) is 5.84 Å². The van der Waals surface area contributed by atoms with Crippen molar-refractivity contribution >= 4 is 17.5 Å². The molecule has 0 fully saturated rings. The van der Waals surface area contributed by atoms with E-state index in [0.29, 0.717) is 18.1 Å². The minimum Gasteiger partial charge on any atom is -0.494 e. The van der Waals surface area contributed by atoms with E-state index in [1.165, 1.54) is 0 Å². The predicted octanol–water partition coefficient (Wildman–Crippen LogP) is 1.88. The summed E-state index contributed by atoms with van der Waals surface area (Å²) in [6.07, 6.45) is 2.01. The van der Waals surface area contributed by atoms with E-state index in [0.717, 1.165) is 18.6 Å². The lowest BCUT2D eigenvalue weighted by Crippen LogP contribution is -2.29. The molecule has 0 saturated heterocycles. The van der Waals surface area contributed by atoms with Gasteiger partial charge in [0.15, 0.2) is 0 Å². The maximum Gasteiger partial charge on any atom is 0.233 e. The Kier molecular flexibility index (Phi) is 5.67. The molecule has 0 aromatic heterocycles. The van der Waals surface area contributed by atoms with Crippen LogP contribution in [0.4, 0.5) is 0 Å². The number of hydrogen-bond donors (Lipinski definition) is 2. The summed E-state index contributed by atoms with van der Waals surface area (Å²) in [6.45, 7) is 0.583. The number of carbonyl (C=O) groups excluding carboxylic acids is 1. The van der Waals surface area contributed by atoms with Crippen molar-refractivity contribution in [2.75, 3.05) is 6.61 Å². The SMILES string of the molecule is NNC(=O)CCCCOc1ccc(Cl)cc1. The number of hydrogen-bond acceptors (Lipinski definition) is 3. The van der Waals surface area contributed by atoms with Gasteiger partial charge in [-0.15, -0.1) is 0 Å². The number of ether oxygens (including phenoxy) is 1. The molecular weight excluding hydrogens is 228 g/mol. The molecule has 0 atom stereocenters. The van der Waals surface area contributed by atoms with Crippen LogP contribution in [0.25, 0.3) is 0 Å². The van der Waals surface area contributed by atoms with Gasteiger partial charge < -0.3 is 4.74 Å². The fraction of sp³-hybridized carbons (Fsp3) is 0.364. The maximum atomic E-state index is 10.8. The highest BCUT2D eigenvalue weighted by atomic mass is 35.5. The molecule has 0 heterocycles. The van der Waals surface area contributed by atoms with Crippen molar-refractivity contribution in [3.05, 3.63) is 29.3 Å². The molecule has 0 aliphatic heterocycles. The molecule has 1 aromatic rings. The number of nitrogens with one attached hydrogen (secondary N) is 1. The van der Waals surface area contributed by atoms with Gasteiger partial charge in [0.1, 0.15) is 5.75 Å². The first-order chi connectivity index (χ1) is 7.72. The van der Waals surface area contributed by atoms with Gasteiger partial charge in [-0.1, -0.05) is 11.6 Å². The normalized spacial score (nSPS) is 9.88. The van der Waals surface area contributed by atoms with Crippen LogP contribution in [0, 0.1) is 0 Å². The number of hydrazine groups is 1. The Bertz CT molecular complexity index is 327. The molecule has 0 bridgehead atoms. The summed E-state index contributed by atoms with van der Waals surface area (Å²) >= 11 is 5.73. The quantitative estimate of drug-likeness (QED) is 0.347. The molecule has 0 aliphatic rings. The van der Waals surface area contributed by atoms with Crippen LogP contribution in [-0.4, -0.2) is 12.5 Å². The second-order valence-corrected chi connectivity index (χ2v) is 3.76. The maximum absolute atomic E-state index is 10.8. The van der Waals surface area contributed by atoms with Gasteiger partial charge in [-0.2, -0.15) is 0 Å². The third kappa shape index (κ3) is 5.00. The molecular formula is C11H15ClN2O2. The number of amides is 1. The fourth-order valence-electron chi connectivity index (χ4n) is 1.18. The first-order valence-corrected chi connectivity index (χ1v) is 5.48. The topological polar surface area (TPSA) is 64.3 Å². The summed E-state index contributed by atoms with van der Waals surface area (Å²) in [5.41, 5.74) is 2.09. The van der Waals surface area contributed by atoms with Crippen molar-refractivity contribution in [2.45, 2.75) is 19.3 Å². The smallest absolute Gasteiger partial charge is 0.233 e. The van der Waals surface area contributed by atoms with E-state index in [-0.39, 0.29) is 5.91 Å². The van der Waals surface area contributed by atoms with E-state index >= 15 is 0 Å².